The van der Waals surface area contributed by atoms with Crippen LogP contribution in [0.2, 0.25) is 0 Å². The number of carbonyl (C=O) groups is 2. The minimum Gasteiger partial charge on any atom is -0.491 e. The first-order chi connectivity index (χ1) is 14.2. The zero-order valence-electron chi connectivity index (χ0n) is 15.9. The van der Waals surface area contributed by atoms with Crippen LogP contribution in [-0.4, -0.2) is 42.6 Å². The van der Waals surface area contributed by atoms with E-state index in [1.54, 1.807) is 11.0 Å². The minimum atomic E-state index is -0.691. The fraction of sp³-hybridized carbons (Fsp3) is 0.364. The van der Waals surface area contributed by atoms with Crippen LogP contribution in [-0.2, 0) is 16.1 Å². The molecule has 1 saturated carbocycles. The van der Waals surface area contributed by atoms with Gasteiger partial charge in [-0.25, -0.2) is 0 Å². The monoisotopic (exact) mass is 394 g/mol. The van der Waals surface area contributed by atoms with E-state index in [1.165, 1.54) is 0 Å². The number of anilines is 1. The number of carbonyl (C=O) groups excluding carboxylic acids is 2. The molecule has 0 saturated heterocycles. The standard InChI is InChI=1S/C22H22N2O5/c25-21(14-5-6-14)23-16-7-8-17-15(11-16)12-24(9-10-27-17)22(26)20-13-28-18-3-1-2-4-19(18)29-20/h1-4,7-8,11,14,20H,5-6,9-10,12-13H2,(H,23,25). The molecule has 2 aliphatic heterocycles. The number of nitrogens with zero attached hydrogens (tertiary/aromatic N) is 1. The van der Waals surface area contributed by atoms with Gasteiger partial charge in [-0.1, -0.05) is 12.1 Å². The smallest absolute Gasteiger partial charge is 0.267 e. The summed E-state index contributed by atoms with van der Waals surface area (Å²) in [6.07, 6.45) is 1.22. The molecule has 0 aromatic heterocycles. The molecular weight excluding hydrogens is 372 g/mol. The molecule has 2 aromatic carbocycles. The molecule has 0 bridgehead atoms. The Balaban J connectivity index is 1.31. The van der Waals surface area contributed by atoms with E-state index in [9.17, 15) is 9.59 Å². The number of benzene rings is 2. The van der Waals surface area contributed by atoms with Crippen LogP contribution < -0.4 is 19.5 Å². The average molecular weight is 394 g/mol. The maximum Gasteiger partial charge on any atom is 0.267 e. The first kappa shape index (κ1) is 17.8. The lowest BCUT2D eigenvalue weighted by atomic mass is 10.1. The Morgan fingerprint density at radius 1 is 1.00 bits per heavy atom. The normalized spacial score (nSPS) is 20.1. The van der Waals surface area contributed by atoms with Gasteiger partial charge in [0.15, 0.2) is 11.5 Å². The maximum atomic E-state index is 13.1. The van der Waals surface area contributed by atoms with E-state index >= 15 is 0 Å². The van der Waals surface area contributed by atoms with Gasteiger partial charge in [0, 0.05) is 23.7 Å². The van der Waals surface area contributed by atoms with Gasteiger partial charge < -0.3 is 24.4 Å². The number of fused-ring (bicyclic) bond motifs is 2. The van der Waals surface area contributed by atoms with Gasteiger partial charge in [-0.15, -0.1) is 0 Å². The highest BCUT2D eigenvalue weighted by Crippen LogP contribution is 2.33. The number of hydrogen-bond donors (Lipinski definition) is 1. The molecule has 0 radical (unpaired) electrons. The largest absolute Gasteiger partial charge is 0.491 e. The van der Waals surface area contributed by atoms with E-state index in [1.807, 2.05) is 36.4 Å². The van der Waals surface area contributed by atoms with Gasteiger partial charge in [-0.05, 0) is 43.2 Å². The number of para-hydroxylation sites is 2. The molecule has 5 rings (SSSR count). The zero-order chi connectivity index (χ0) is 19.8. The average Bonchev–Trinajstić information content (AvgIpc) is 3.59. The quantitative estimate of drug-likeness (QED) is 0.866. The minimum absolute atomic E-state index is 0.0545. The second-order valence-electron chi connectivity index (χ2n) is 7.56. The van der Waals surface area contributed by atoms with E-state index in [4.69, 9.17) is 14.2 Å². The van der Waals surface area contributed by atoms with Crippen LogP contribution in [0.3, 0.4) is 0 Å². The molecule has 2 amide bonds. The van der Waals surface area contributed by atoms with Gasteiger partial charge in [-0.2, -0.15) is 0 Å². The van der Waals surface area contributed by atoms with Crippen molar-refractivity contribution in [2.75, 3.05) is 25.1 Å². The SMILES string of the molecule is O=C(Nc1ccc2c(c1)CN(C(=O)C1COc3ccccc3O1)CCO2)C1CC1. The summed E-state index contributed by atoms with van der Waals surface area (Å²) < 4.78 is 17.4. The third-order valence-electron chi connectivity index (χ3n) is 5.35. The molecule has 7 nitrogen and oxygen atoms in total. The van der Waals surface area contributed by atoms with Crippen molar-refractivity contribution in [2.45, 2.75) is 25.5 Å². The molecule has 150 valence electrons. The number of rotatable bonds is 3. The van der Waals surface area contributed by atoms with E-state index in [2.05, 4.69) is 5.32 Å². The van der Waals surface area contributed by atoms with E-state index in [-0.39, 0.29) is 24.3 Å². The third-order valence-corrected chi connectivity index (χ3v) is 5.35. The number of hydrogen-bond acceptors (Lipinski definition) is 5. The summed E-state index contributed by atoms with van der Waals surface area (Å²) in [6, 6.07) is 12.9. The van der Waals surface area contributed by atoms with E-state index in [0.29, 0.717) is 31.2 Å². The molecule has 1 atom stereocenters. The van der Waals surface area contributed by atoms with E-state index < -0.39 is 6.10 Å². The topological polar surface area (TPSA) is 77.1 Å². The summed E-state index contributed by atoms with van der Waals surface area (Å²) >= 11 is 0. The zero-order valence-corrected chi connectivity index (χ0v) is 15.9. The number of ether oxygens (including phenoxy) is 3. The molecule has 29 heavy (non-hydrogen) atoms. The van der Waals surface area contributed by atoms with Crippen LogP contribution in [0.25, 0.3) is 0 Å². The highest BCUT2D eigenvalue weighted by Gasteiger charge is 2.33. The lowest BCUT2D eigenvalue weighted by Gasteiger charge is -2.29. The van der Waals surface area contributed by atoms with E-state index in [0.717, 1.165) is 29.8 Å². The third kappa shape index (κ3) is 3.72. The summed E-state index contributed by atoms with van der Waals surface area (Å²) in [6.45, 7) is 1.43. The molecule has 2 aromatic rings. The Kier molecular flexibility index (Phi) is 4.50. The van der Waals surface area contributed by atoms with Gasteiger partial charge in [0.1, 0.15) is 19.0 Å². The highest BCUT2D eigenvalue weighted by atomic mass is 16.6. The molecule has 1 unspecified atom stereocenters. The molecule has 1 N–H and O–H groups in total. The summed E-state index contributed by atoms with van der Waals surface area (Å²) in [7, 11) is 0. The summed E-state index contributed by atoms with van der Waals surface area (Å²) in [5.41, 5.74) is 1.59. The van der Waals surface area contributed by atoms with Crippen LogP contribution in [0.1, 0.15) is 18.4 Å². The first-order valence-electron chi connectivity index (χ1n) is 9.91. The van der Waals surface area contributed by atoms with Crippen LogP contribution in [0.5, 0.6) is 17.2 Å². The highest BCUT2D eigenvalue weighted by molar-refractivity contribution is 5.94. The molecule has 0 spiro atoms. The summed E-state index contributed by atoms with van der Waals surface area (Å²) in [4.78, 5) is 26.9. The number of amides is 2. The van der Waals surface area contributed by atoms with Crippen molar-refractivity contribution in [3.63, 3.8) is 0 Å². The van der Waals surface area contributed by atoms with Crippen LogP contribution >= 0.6 is 0 Å². The maximum absolute atomic E-state index is 13.1. The van der Waals surface area contributed by atoms with Crippen LogP contribution in [0.4, 0.5) is 5.69 Å². The molecular formula is C22H22N2O5. The fourth-order valence-corrected chi connectivity index (χ4v) is 3.59. The van der Waals surface area contributed by atoms with Crippen molar-refractivity contribution < 1.29 is 23.8 Å². The Labute approximate surface area is 168 Å². The van der Waals surface area contributed by atoms with Gasteiger partial charge >= 0.3 is 0 Å². The Bertz CT molecular complexity index is 956. The second kappa shape index (κ2) is 7.31. The van der Waals surface area contributed by atoms with Crippen LogP contribution in [0.15, 0.2) is 42.5 Å². The Morgan fingerprint density at radius 3 is 2.66 bits per heavy atom. The predicted molar refractivity (Wildman–Crippen MR) is 105 cm³/mol. The second-order valence-corrected chi connectivity index (χ2v) is 7.56. The van der Waals surface area contributed by atoms with Gasteiger partial charge in [0.25, 0.3) is 5.91 Å². The van der Waals surface area contributed by atoms with Crippen molar-refractivity contribution in [1.29, 1.82) is 0 Å². The lowest BCUT2D eigenvalue weighted by Crippen LogP contribution is -2.46. The Morgan fingerprint density at radius 2 is 1.83 bits per heavy atom. The summed E-state index contributed by atoms with van der Waals surface area (Å²) in [5, 5.41) is 2.95. The molecule has 1 fully saturated rings. The Hall–Kier alpha value is -3.22. The van der Waals surface area contributed by atoms with Crippen molar-refractivity contribution in [3.05, 3.63) is 48.0 Å². The molecule has 7 heteroatoms. The van der Waals surface area contributed by atoms with Gasteiger partial charge in [0.2, 0.25) is 12.0 Å². The number of nitrogens with one attached hydrogen (secondary N) is 1. The molecule has 3 aliphatic rings. The fourth-order valence-electron chi connectivity index (χ4n) is 3.59. The predicted octanol–water partition coefficient (Wildman–Crippen LogP) is 2.60. The van der Waals surface area contributed by atoms with Crippen LogP contribution in [0, 0.1) is 5.92 Å². The molecule has 2 heterocycles. The van der Waals surface area contributed by atoms with Crippen molar-refractivity contribution in [3.8, 4) is 17.2 Å². The first-order valence-corrected chi connectivity index (χ1v) is 9.91. The van der Waals surface area contributed by atoms with Crippen molar-refractivity contribution >= 4 is 17.5 Å². The summed E-state index contributed by atoms with van der Waals surface area (Å²) in [5.74, 6) is 2.01. The van der Waals surface area contributed by atoms with Gasteiger partial charge in [0.05, 0.1) is 6.54 Å². The van der Waals surface area contributed by atoms with Crippen molar-refractivity contribution in [1.82, 2.24) is 4.90 Å². The molecule has 1 aliphatic carbocycles. The van der Waals surface area contributed by atoms with Gasteiger partial charge in [-0.3, -0.25) is 9.59 Å². The van der Waals surface area contributed by atoms with Crippen molar-refractivity contribution in [2.24, 2.45) is 5.92 Å². The lowest BCUT2D eigenvalue weighted by molar-refractivity contribution is -0.142.